The van der Waals surface area contributed by atoms with E-state index in [0.717, 1.165) is 0 Å². The van der Waals surface area contributed by atoms with Gasteiger partial charge in [-0.1, -0.05) is 0 Å². The number of nitrogens with two attached hydrogens (primary N) is 1. The third-order valence-corrected chi connectivity index (χ3v) is 1.04. The summed E-state index contributed by atoms with van der Waals surface area (Å²) in [5.41, 5.74) is 11.3. The second-order valence-corrected chi connectivity index (χ2v) is 2.47. The van der Waals surface area contributed by atoms with E-state index in [9.17, 15) is 9.59 Å². The highest BCUT2D eigenvalue weighted by molar-refractivity contribution is 6.29. The van der Waals surface area contributed by atoms with Crippen molar-refractivity contribution in [1.29, 1.82) is 0 Å². The van der Waals surface area contributed by atoms with Crippen LogP contribution >= 0.6 is 0 Å². The van der Waals surface area contributed by atoms with Gasteiger partial charge < -0.3 is 20.6 Å². The Morgan fingerprint density at radius 3 is 1.71 bits per heavy atom. The van der Waals surface area contributed by atoms with Crippen LogP contribution in [0.3, 0.4) is 0 Å². The monoisotopic (exact) mass is 252 g/mol. The molecule has 0 aliphatic rings. The van der Waals surface area contributed by atoms with Crippen LogP contribution in [0, 0.1) is 0 Å². The Bertz CT molecular complexity index is 182. The Kier molecular flexibility index (Phi) is 15.7. The molecule has 0 rings (SSSR count). The third kappa shape index (κ3) is 14.7. The average Bonchev–Trinajstić information content (AvgIpc) is 2.34. The van der Waals surface area contributed by atoms with Gasteiger partial charge in [-0.3, -0.25) is 0 Å². The van der Waals surface area contributed by atoms with Crippen molar-refractivity contribution in [2.24, 2.45) is 5.73 Å². The van der Waals surface area contributed by atoms with Gasteiger partial charge in [-0.2, -0.15) is 11.0 Å². The molecule has 0 spiro atoms. The zero-order chi connectivity index (χ0) is 13.5. The molecule has 0 aromatic carbocycles. The van der Waals surface area contributed by atoms with Crippen molar-refractivity contribution < 1.29 is 24.5 Å². The van der Waals surface area contributed by atoms with Gasteiger partial charge in [-0.15, -0.1) is 0 Å². The normalized spacial score (nSPS) is 8.94. The number of hydrogen-bond acceptors (Lipinski definition) is 9. The minimum absolute atomic E-state index is 0.431. The highest BCUT2D eigenvalue weighted by Gasteiger charge is 2.17. The number of rotatable bonds is 6. The van der Waals surface area contributed by atoms with E-state index < -0.39 is 11.9 Å². The lowest BCUT2D eigenvalue weighted by Gasteiger charge is -2.02. The van der Waals surface area contributed by atoms with Gasteiger partial charge in [-0.25, -0.2) is 15.1 Å². The summed E-state index contributed by atoms with van der Waals surface area (Å²) in [5, 5.41) is 7.74. The van der Waals surface area contributed by atoms with Crippen LogP contribution in [0.1, 0.15) is 13.8 Å². The summed E-state index contributed by atoms with van der Waals surface area (Å²) >= 11 is 0. The highest BCUT2D eigenvalue weighted by Crippen LogP contribution is 1.78. The van der Waals surface area contributed by atoms with Crippen molar-refractivity contribution in [1.82, 2.24) is 16.4 Å². The van der Waals surface area contributed by atoms with Gasteiger partial charge in [0.25, 0.3) is 0 Å². The van der Waals surface area contributed by atoms with Gasteiger partial charge in [0.2, 0.25) is 0 Å². The van der Waals surface area contributed by atoms with Crippen LogP contribution in [-0.2, 0) is 19.3 Å². The number of nitrogens with one attached hydrogen (secondary N) is 3. The van der Waals surface area contributed by atoms with Crippen molar-refractivity contribution in [3.05, 3.63) is 0 Å². The average molecular weight is 252 g/mol. The van der Waals surface area contributed by atoms with E-state index in [-0.39, 0.29) is 0 Å². The Hall–Kier alpha value is -1.26. The van der Waals surface area contributed by atoms with Crippen LogP contribution in [0.5, 0.6) is 0 Å². The summed E-state index contributed by atoms with van der Waals surface area (Å²) in [6.07, 6.45) is 0. The standard InChI is InChI=1S/C6H12N2O4.C2H8N2O/c1-3-7-11-5(9)6(10)12-8-4-2;3-1-2-4-5/h7-8H,3-4H2,1-2H3;4-5H,1-3H2. The summed E-state index contributed by atoms with van der Waals surface area (Å²) in [6.45, 7) is 5.27. The quantitative estimate of drug-likeness (QED) is 0.270. The van der Waals surface area contributed by atoms with E-state index in [1.165, 1.54) is 0 Å². The van der Waals surface area contributed by atoms with Crippen molar-refractivity contribution in [2.45, 2.75) is 13.8 Å². The highest BCUT2D eigenvalue weighted by atomic mass is 16.7. The number of carbonyl (C=O) groups excluding carboxylic acids is 2. The summed E-state index contributed by atoms with van der Waals surface area (Å²) < 4.78 is 0. The molecule has 0 amide bonds. The Morgan fingerprint density at radius 2 is 1.53 bits per heavy atom. The molecule has 0 heterocycles. The molecule has 0 aliphatic heterocycles. The van der Waals surface area contributed by atoms with E-state index in [1.54, 1.807) is 13.8 Å². The lowest BCUT2D eigenvalue weighted by atomic mass is 10.7. The minimum atomic E-state index is -1.07. The third-order valence-electron chi connectivity index (χ3n) is 1.04. The minimum Gasteiger partial charge on any atom is -0.362 e. The van der Waals surface area contributed by atoms with E-state index >= 15 is 0 Å². The number of hydroxylamine groups is 3. The van der Waals surface area contributed by atoms with Crippen molar-refractivity contribution in [2.75, 3.05) is 26.2 Å². The summed E-state index contributed by atoms with van der Waals surface area (Å²) in [6, 6.07) is 0. The van der Waals surface area contributed by atoms with Gasteiger partial charge in [0.15, 0.2) is 0 Å². The molecule has 0 atom stereocenters. The zero-order valence-electron chi connectivity index (χ0n) is 9.99. The van der Waals surface area contributed by atoms with E-state index in [2.05, 4.69) is 20.6 Å². The Balaban J connectivity index is 0. The van der Waals surface area contributed by atoms with Crippen LogP contribution in [0.25, 0.3) is 0 Å². The molecule has 0 aromatic heterocycles. The van der Waals surface area contributed by atoms with Crippen LogP contribution in [0.15, 0.2) is 0 Å². The molecule has 0 fully saturated rings. The second-order valence-electron chi connectivity index (χ2n) is 2.47. The first-order valence-electron chi connectivity index (χ1n) is 5.08. The molecule has 0 aliphatic carbocycles. The largest absolute Gasteiger partial charge is 0.437 e. The van der Waals surface area contributed by atoms with Crippen molar-refractivity contribution >= 4 is 11.9 Å². The maximum Gasteiger partial charge on any atom is 0.437 e. The first-order valence-corrected chi connectivity index (χ1v) is 5.08. The first kappa shape index (κ1) is 18.1. The first-order chi connectivity index (χ1) is 8.13. The van der Waals surface area contributed by atoms with Gasteiger partial charge in [0, 0.05) is 26.2 Å². The second kappa shape index (κ2) is 14.7. The molecule has 6 N–H and O–H groups in total. The summed E-state index contributed by atoms with van der Waals surface area (Å²) in [5.74, 6) is -2.14. The molecule has 9 nitrogen and oxygen atoms in total. The van der Waals surface area contributed by atoms with Crippen molar-refractivity contribution in [3.8, 4) is 0 Å². The predicted molar refractivity (Wildman–Crippen MR) is 58.4 cm³/mol. The van der Waals surface area contributed by atoms with Gasteiger partial charge in [0.05, 0.1) is 0 Å². The fourth-order valence-electron chi connectivity index (χ4n) is 0.423. The molecule has 0 unspecified atom stereocenters. The van der Waals surface area contributed by atoms with Crippen LogP contribution in [0.4, 0.5) is 0 Å². The van der Waals surface area contributed by atoms with Crippen LogP contribution in [-0.4, -0.2) is 43.3 Å². The molecular weight excluding hydrogens is 232 g/mol. The fourth-order valence-corrected chi connectivity index (χ4v) is 0.423. The topological polar surface area (TPSA) is 135 Å². The molecular formula is C8H20N4O5. The van der Waals surface area contributed by atoms with E-state index in [4.69, 9.17) is 10.9 Å². The molecule has 0 radical (unpaired) electrons. The number of carbonyl (C=O) groups is 2. The Labute approximate surface area is 99.5 Å². The zero-order valence-corrected chi connectivity index (χ0v) is 9.99. The smallest absolute Gasteiger partial charge is 0.362 e. The molecule has 17 heavy (non-hydrogen) atoms. The summed E-state index contributed by atoms with van der Waals surface area (Å²) in [4.78, 5) is 29.7. The predicted octanol–water partition coefficient (Wildman–Crippen LogP) is -1.95. The lowest BCUT2D eigenvalue weighted by molar-refractivity contribution is -0.176. The fraction of sp³-hybridized carbons (Fsp3) is 0.750. The van der Waals surface area contributed by atoms with E-state index in [1.807, 2.05) is 5.48 Å². The molecule has 0 saturated heterocycles. The lowest BCUT2D eigenvalue weighted by Crippen LogP contribution is -2.31. The van der Waals surface area contributed by atoms with Crippen molar-refractivity contribution in [3.63, 3.8) is 0 Å². The maximum atomic E-state index is 10.6. The Morgan fingerprint density at radius 1 is 1.12 bits per heavy atom. The van der Waals surface area contributed by atoms with Gasteiger partial charge in [-0.05, 0) is 13.8 Å². The molecule has 0 saturated carbocycles. The SMILES string of the molecule is CCNOC(=O)C(=O)ONCC.NCCNO. The maximum absolute atomic E-state index is 10.6. The van der Waals surface area contributed by atoms with Gasteiger partial charge in [0.1, 0.15) is 0 Å². The van der Waals surface area contributed by atoms with Crippen LogP contribution < -0.4 is 22.2 Å². The molecule has 9 heteroatoms. The van der Waals surface area contributed by atoms with Crippen LogP contribution in [0.2, 0.25) is 0 Å². The van der Waals surface area contributed by atoms with E-state index in [0.29, 0.717) is 26.2 Å². The molecule has 0 aromatic rings. The summed E-state index contributed by atoms with van der Waals surface area (Å²) in [7, 11) is 0. The molecule has 0 bridgehead atoms. The van der Waals surface area contributed by atoms with Gasteiger partial charge >= 0.3 is 11.9 Å². The number of hydrogen-bond donors (Lipinski definition) is 5. The molecule has 102 valence electrons.